The average Bonchev–Trinajstić information content (AvgIpc) is 2.95. The highest BCUT2D eigenvalue weighted by molar-refractivity contribution is 9.10. The van der Waals surface area contributed by atoms with Gasteiger partial charge in [0, 0.05) is 10.0 Å². The van der Waals surface area contributed by atoms with Crippen molar-refractivity contribution in [3.05, 3.63) is 46.0 Å². The standard InChI is InChI=1S/C15H17BrN4O2.ClH/c1-9(18-12(21)10-3-5-11(16)6-4-10)13-19-14(20-22-13)15(17)7-2-8-15;/h3-6,9H,2,7-8,17H2,1H3,(H,18,21);1H. The SMILES string of the molecule is CC(NC(=O)c1ccc(Br)cc1)c1nc(C2(N)CCC2)no1.Cl. The van der Waals surface area contributed by atoms with E-state index in [2.05, 4.69) is 31.4 Å². The Labute approximate surface area is 148 Å². The van der Waals surface area contributed by atoms with E-state index in [1.807, 2.05) is 12.1 Å². The topological polar surface area (TPSA) is 94.0 Å². The molecule has 0 spiro atoms. The van der Waals surface area contributed by atoms with E-state index in [9.17, 15) is 4.79 Å². The molecule has 23 heavy (non-hydrogen) atoms. The highest BCUT2D eigenvalue weighted by atomic mass is 79.9. The Bertz CT molecular complexity index is 685. The summed E-state index contributed by atoms with van der Waals surface area (Å²) in [6.07, 6.45) is 2.81. The molecular formula is C15H18BrClN4O2. The van der Waals surface area contributed by atoms with Crippen LogP contribution in [0.1, 0.15) is 54.3 Å². The Hall–Kier alpha value is -1.44. The van der Waals surface area contributed by atoms with Crippen molar-refractivity contribution in [2.24, 2.45) is 5.73 Å². The number of rotatable bonds is 4. The summed E-state index contributed by atoms with van der Waals surface area (Å²) in [7, 11) is 0. The van der Waals surface area contributed by atoms with Gasteiger partial charge in [-0.1, -0.05) is 21.1 Å². The second kappa shape index (κ2) is 6.98. The second-order valence-electron chi connectivity index (χ2n) is 5.67. The first-order chi connectivity index (χ1) is 10.5. The van der Waals surface area contributed by atoms with Crippen LogP contribution in [0.15, 0.2) is 33.3 Å². The van der Waals surface area contributed by atoms with E-state index < -0.39 is 5.54 Å². The van der Waals surface area contributed by atoms with Gasteiger partial charge < -0.3 is 15.6 Å². The second-order valence-corrected chi connectivity index (χ2v) is 6.58. The molecule has 1 fully saturated rings. The maximum atomic E-state index is 12.2. The van der Waals surface area contributed by atoms with Crippen LogP contribution in [0.4, 0.5) is 0 Å². The lowest BCUT2D eigenvalue weighted by Crippen LogP contribution is -2.44. The fourth-order valence-corrected chi connectivity index (χ4v) is 2.60. The molecule has 0 aliphatic heterocycles. The zero-order chi connectivity index (χ0) is 15.7. The third-order valence-electron chi connectivity index (χ3n) is 3.96. The zero-order valence-corrected chi connectivity index (χ0v) is 15.0. The number of nitrogens with one attached hydrogen (secondary N) is 1. The molecule has 3 rings (SSSR count). The summed E-state index contributed by atoms with van der Waals surface area (Å²) in [6, 6.07) is 6.75. The van der Waals surface area contributed by atoms with Crippen molar-refractivity contribution >= 4 is 34.2 Å². The number of aromatic nitrogens is 2. The molecule has 3 N–H and O–H groups in total. The van der Waals surface area contributed by atoms with Crippen LogP contribution in [-0.4, -0.2) is 16.0 Å². The molecule has 0 radical (unpaired) electrons. The zero-order valence-electron chi connectivity index (χ0n) is 12.6. The lowest BCUT2D eigenvalue weighted by Gasteiger charge is -2.34. The van der Waals surface area contributed by atoms with E-state index in [4.69, 9.17) is 10.3 Å². The normalized spacial score (nSPS) is 16.8. The Morgan fingerprint density at radius 1 is 1.39 bits per heavy atom. The van der Waals surface area contributed by atoms with Gasteiger partial charge in [0.1, 0.15) is 6.04 Å². The van der Waals surface area contributed by atoms with Gasteiger partial charge in [-0.25, -0.2) is 0 Å². The molecule has 1 atom stereocenters. The van der Waals surface area contributed by atoms with Crippen LogP contribution < -0.4 is 11.1 Å². The van der Waals surface area contributed by atoms with Crippen LogP contribution in [-0.2, 0) is 5.54 Å². The summed E-state index contributed by atoms with van der Waals surface area (Å²) in [5.41, 5.74) is 6.28. The lowest BCUT2D eigenvalue weighted by molar-refractivity contribution is 0.0932. The number of benzene rings is 1. The van der Waals surface area contributed by atoms with Crippen LogP contribution in [0.3, 0.4) is 0 Å². The van der Waals surface area contributed by atoms with Gasteiger partial charge >= 0.3 is 0 Å². The number of halogens is 2. The van der Waals surface area contributed by atoms with Crippen molar-refractivity contribution in [3.8, 4) is 0 Å². The molecule has 0 bridgehead atoms. The maximum Gasteiger partial charge on any atom is 0.251 e. The maximum absolute atomic E-state index is 12.2. The number of carbonyl (C=O) groups is 1. The Morgan fingerprint density at radius 2 is 2.04 bits per heavy atom. The molecule has 8 heteroatoms. The summed E-state index contributed by atoms with van der Waals surface area (Å²) in [6.45, 7) is 1.80. The minimum absolute atomic E-state index is 0. The minimum atomic E-state index is -0.461. The summed E-state index contributed by atoms with van der Waals surface area (Å²) < 4.78 is 6.16. The van der Waals surface area contributed by atoms with Crippen LogP contribution in [0, 0.1) is 0 Å². The number of hydrogen-bond acceptors (Lipinski definition) is 5. The van der Waals surface area contributed by atoms with Crippen LogP contribution in [0.5, 0.6) is 0 Å². The van der Waals surface area contributed by atoms with Crippen molar-refractivity contribution in [1.29, 1.82) is 0 Å². The number of amides is 1. The van der Waals surface area contributed by atoms with Crippen molar-refractivity contribution < 1.29 is 9.32 Å². The van der Waals surface area contributed by atoms with Gasteiger partial charge in [0.05, 0.1) is 5.54 Å². The molecule has 1 aliphatic rings. The Balaban J connectivity index is 0.00000192. The first kappa shape index (κ1) is 17.9. The van der Waals surface area contributed by atoms with E-state index in [-0.39, 0.29) is 24.4 Å². The number of carbonyl (C=O) groups excluding carboxylic acids is 1. The third kappa shape index (κ3) is 3.73. The van der Waals surface area contributed by atoms with E-state index >= 15 is 0 Å². The van der Waals surface area contributed by atoms with Gasteiger partial charge in [0.25, 0.3) is 5.91 Å². The minimum Gasteiger partial charge on any atom is -0.341 e. The van der Waals surface area contributed by atoms with Gasteiger partial charge in [0.15, 0.2) is 5.82 Å². The quantitative estimate of drug-likeness (QED) is 0.821. The number of nitrogens with two attached hydrogens (primary N) is 1. The van der Waals surface area contributed by atoms with Gasteiger partial charge in [-0.3, -0.25) is 4.79 Å². The van der Waals surface area contributed by atoms with Crippen molar-refractivity contribution in [2.45, 2.75) is 37.8 Å². The van der Waals surface area contributed by atoms with E-state index in [0.29, 0.717) is 17.3 Å². The fourth-order valence-electron chi connectivity index (χ4n) is 2.34. The molecule has 1 amide bonds. The van der Waals surface area contributed by atoms with Crippen LogP contribution in [0.2, 0.25) is 0 Å². The first-order valence-corrected chi connectivity index (χ1v) is 7.97. The van der Waals surface area contributed by atoms with E-state index in [1.54, 1.807) is 19.1 Å². The van der Waals surface area contributed by atoms with E-state index in [0.717, 1.165) is 23.7 Å². The number of nitrogens with zero attached hydrogens (tertiary/aromatic N) is 2. The van der Waals surface area contributed by atoms with Crippen molar-refractivity contribution in [3.63, 3.8) is 0 Å². The summed E-state index contributed by atoms with van der Waals surface area (Å²) in [4.78, 5) is 16.5. The molecule has 1 aromatic heterocycles. The van der Waals surface area contributed by atoms with E-state index in [1.165, 1.54) is 0 Å². The third-order valence-corrected chi connectivity index (χ3v) is 4.49. The van der Waals surface area contributed by atoms with Gasteiger partial charge in [-0.05, 0) is 50.5 Å². The molecule has 1 unspecified atom stereocenters. The van der Waals surface area contributed by atoms with Crippen LogP contribution >= 0.6 is 28.3 Å². The lowest BCUT2D eigenvalue weighted by atomic mass is 9.77. The first-order valence-electron chi connectivity index (χ1n) is 7.17. The highest BCUT2D eigenvalue weighted by Gasteiger charge is 2.39. The molecule has 6 nitrogen and oxygen atoms in total. The number of hydrogen-bond donors (Lipinski definition) is 2. The largest absolute Gasteiger partial charge is 0.341 e. The summed E-state index contributed by atoms with van der Waals surface area (Å²) >= 11 is 3.34. The fraction of sp³-hybridized carbons (Fsp3) is 0.400. The predicted octanol–water partition coefficient (Wildman–Crippen LogP) is 3.08. The van der Waals surface area contributed by atoms with Gasteiger partial charge in [-0.15, -0.1) is 12.4 Å². The molecule has 0 saturated heterocycles. The molecule has 1 aliphatic carbocycles. The van der Waals surface area contributed by atoms with Gasteiger partial charge in [-0.2, -0.15) is 4.98 Å². The molecule has 2 aromatic rings. The van der Waals surface area contributed by atoms with Crippen molar-refractivity contribution in [1.82, 2.24) is 15.5 Å². The molecular weight excluding hydrogens is 384 g/mol. The van der Waals surface area contributed by atoms with Crippen molar-refractivity contribution in [2.75, 3.05) is 0 Å². The molecule has 1 saturated carbocycles. The Kier molecular flexibility index (Phi) is 5.44. The van der Waals surface area contributed by atoms with Crippen LogP contribution in [0.25, 0.3) is 0 Å². The smallest absolute Gasteiger partial charge is 0.251 e. The summed E-state index contributed by atoms with van der Waals surface area (Å²) in [5.74, 6) is 0.710. The summed E-state index contributed by atoms with van der Waals surface area (Å²) in [5, 5.41) is 6.80. The molecule has 124 valence electrons. The molecule has 1 aromatic carbocycles. The predicted molar refractivity (Wildman–Crippen MR) is 91.3 cm³/mol. The molecule has 1 heterocycles. The average molecular weight is 402 g/mol. The Morgan fingerprint density at radius 3 is 2.61 bits per heavy atom. The van der Waals surface area contributed by atoms with Gasteiger partial charge in [0.2, 0.25) is 5.89 Å². The highest BCUT2D eigenvalue weighted by Crippen LogP contribution is 2.37. The monoisotopic (exact) mass is 400 g/mol.